The molecular formula is C8H11N5O2. The second-order valence-corrected chi connectivity index (χ2v) is 3.10. The summed E-state index contributed by atoms with van der Waals surface area (Å²) in [6.07, 6.45) is 2.33. The number of imidazole rings is 1. The van der Waals surface area contributed by atoms with Gasteiger partial charge in [0, 0.05) is 13.6 Å². The molecule has 2 heterocycles. The Morgan fingerprint density at radius 3 is 3.07 bits per heavy atom. The number of aliphatic hydroxyl groups excluding tert-OH is 1. The largest absolute Gasteiger partial charge is 0.382 e. The Kier molecular flexibility index (Phi) is 2.48. The van der Waals surface area contributed by atoms with Gasteiger partial charge in [0.15, 0.2) is 0 Å². The fourth-order valence-electron chi connectivity index (χ4n) is 1.15. The van der Waals surface area contributed by atoms with E-state index in [-0.39, 0.29) is 12.4 Å². The van der Waals surface area contributed by atoms with Crippen LogP contribution in [0.4, 0.5) is 0 Å². The van der Waals surface area contributed by atoms with Crippen molar-refractivity contribution in [2.24, 2.45) is 12.8 Å². The van der Waals surface area contributed by atoms with Crippen molar-refractivity contribution in [2.45, 2.75) is 6.10 Å². The molecule has 0 aliphatic heterocycles. The van der Waals surface area contributed by atoms with Crippen molar-refractivity contribution in [3.05, 3.63) is 18.4 Å². The maximum Gasteiger partial charge on any atom is 0.257 e. The third-order valence-electron chi connectivity index (χ3n) is 2.00. The minimum atomic E-state index is -0.917. The highest BCUT2D eigenvalue weighted by molar-refractivity contribution is 5.47. The highest BCUT2D eigenvalue weighted by Gasteiger charge is 2.16. The summed E-state index contributed by atoms with van der Waals surface area (Å²) < 4.78 is 6.62. The lowest BCUT2D eigenvalue weighted by Gasteiger charge is -1.98. The lowest BCUT2D eigenvalue weighted by atomic mass is 10.3. The molecule has 7 nitrogen and oxygen atoms in total. The smallest absolute Gasteiger partial charge is 0.257 e. The highest BCUT2D eigenvalue weighted by atomic mass is 16.5. The van der Waals surface area contributed by atoms with E-state index in [0.29, 0.717) is 11.5 Å². The maximum atomic E-state index is 9.37. The molecule has 0 aliphatic rings. The van der Waals surface area contributed by atoms with E-state index in [4.69, 9.17) is 10.3 Å². The number of hydrogen-bond acceptors (Lipinski definition) is 6. The van der Waals surface area contributed by atoms with E-state index >= 15 is 0 Å². The van der Waals surface area contributed by atoms with Crippen LogP contribution in [0.5, 0.6) is 0 Å². The molecule has 0 fully saturated rings. The molecule has 7 heteroatoms. The summed E-state index contributed by atoms with van der Waals surface area (Å²) in [5.41, 5.74) is 5.98. The van der Waals surface area contributed by atoms with E-state index in [1.165, 1.54) is 0 Å². The Balaban J connectivity index is 2.32. The van der Waals surface area contributed by atoms with Gasteiger partial charge < -0.3 is 19.9 Å². The Labute approximate surface area is 85.5 Å². The summed E-state index contributed by atoms with van der Waals surface area (Å²) in [7, 11) is 1.82. The molecule has 1 atom stereocenters. The average Bonchev–Trinajstić information content (AvgIpc) is 2.84. The fourth-order valence-corrected chi connectivity index (χ4v) is 1.15. The topological polar surface area (TPSA) is 103 Å². The Morgan fingerprint density at radius 1 is 1.67 bits per heavy atom. The second-order valence-electron chi connectivity index (χ2n) is 3.10. The number of nitrogens with two attached hydrogens (primary N) is 1. The van der Waals surface area contributed by atoms with Crippen molar-refractivity contribution >= 4 is 0 Å². The highest BCUT2D eigenvalue weighted by Crippen LogP contribution is 2.16. The van der Waals surface area contributed by atoms with Crippen LogP contribution in [0, 0.1) is 0 Å². The van der Waals surface area contributed by atoms with Gasteiger partial charge in [-0.25, -0.2) is 4.98 Å². The van der Waals surface area contributed by atoms with Gasteiger partial charge in [-0.15, -0.1) is 0 Å². The summed E-state index contributed by atoms with van der Waals surface area (Å²) in [5.74, 6) is 0.506. The summed E-state index contributed by atoms with van der Waals surface area (Å²) in [6.45, 7) is 0.0486. The van der Waals surface area contributed by atoms with Crippen molar-refractivity contribution < 1.29 is 9.63 Å². The zero-order chi connectivity index (χ0) is 10.8. The van der Waals surface area contributed by atoms with Crippen LogP contribution in [0.3, 0.4) is 0 Å². The molecule has 0 bridgehead atoms. The predicted octanol–water partition coefficient (Wildman–Crippen LogP) is -0.538. The monoisotopic (exact) mass is 209 g/mol. The predicted molar refractivity (Wildman–Crippen MR) is 50.5 cm³/mol. The molecule has 15 heavy (non-hydrogen) atoms. The molecule has 2 rings (SSSR count). The second kappa shape index (κ2) is 3.79. The molecule has 2 aromatic heterocycles. The molecule has 1 unspecified atom stereocenters. The van der Waals surface area contributed by atoms with Crippen LogP contribution in [-0.4, -0.2) is 31.3 Å². The lowest BCUT2D eigenvalue weighted by Crippen LogP contribution is -2.11. The maximum absolute atomic E-state index is 9.37. The van der Waals surface area contributed by atoms with Gasteiger partial charge in [0.25, 0.3) is 5.89 Å². The first-order valence-corrected chi connectivity index (χ1v) is 4.40. The molecule has 80 valence electrons. The Hall–Kier alpha value is -1.73. The summed E-state index contributed by atoms with van der Waals surface area (Å²) in [4.78, 5) is 7.94. The molecule has 0 spiro atoms. The van der Waals surface area contributed by atoms with Gasteiger partial charge in [0.1, 0.15) is 11.8 Å². The molecule has 0 radical (unpaired) electrons. The van der Waals surface area contributed by atoms with Crippen LogP contribution < -0.4 is 5.73 Å². The van der Waals surface area contributed by atoms with Gasteiger partial charge in [-0.3, -0.25) is 0 Å². The summed E-state index contributed by atoms with van der Waals surface area (Å²) >= 11 is 0. The van der Waals surface area contributed by atoms with Crippen LogP contribution in [0.25, 0.3) is 11.5 Å². The van der Waals surface area contributed by atoms with E-state index < -0.39 is 6.10 Å². The molecule has 0 aliphatic carbocycles. The SMILES string of the molecule is Cn1cncc1-c1noc(C(O)CN)n1. The standard InChI is InChI=1S/C8H11N5O2/c1-13-4-10-3-5(13)7-11-8(15-12-7)6(14)2-9/h3-4,6,14H,2,9H2,1H3. The normalized spacial score (nSPS) is 13.0. The van der Waals surface area contributed by atoms with Crippen molar-refractivity contribution in [3.8, 4) is 11.5 Å². The van der Waals surface area contributed by atoms with Crippen molar-refractivity contribution in [1.82, 2.24) is 19.7 Å². The average molecular weight is 209 g/mol. The van der Waals surface area contributed by atoms with E-state index in [1.54, 1.807) is 17.1 Å². The van der Waals surface area contributed by atoms with E-state index in [0.717, 1.165) is 0 Å². The summed E-state index contributed by atoms with van der Waals surface area (Å²) in [6, 6.07) is 0. The molecule has 3 N–H and O–H groups in total. The number of hydrogen-bond donors (Lipinski definition) is 2. The first-order valence-electron chi connectivity index (χ1n) is 4.40. The molecule has 0 saturated heterocycles. The van der Waals surface area contributed by atoms with Gasteiger partial charge in [-0.05, 0) is 0 Å². The zero-order valence-electron chi connectivity index (χ0n) is 8.16. The first kappa shape index (κ1) is 9.81. The fraction of sp³-hybridized carbons (Fsp3) is 0.375. The van der Waals surface area contributed by atoms with E-state index in [2.05, 4.69) is 15.1 Å². The van der Waals surface area contributed by atoms with Gasteiger partial charge >= 0.3 is 0 Å². The number of nitrogens with zero attached hydrogens (tertiary/aromatic N) is 4. The molecular weight excluding hydrogens is 198 g/mol. The van der Waals surface area contributed by atoms with Crippen LogP contribution in [0.1, 0.15) is 12.0 Å². The first-order chi connectivity index (χ1) is 7.22. The van der Waals surface area contributed by atoms with E-state index in [9.17, 15) is 5.11 Å². The number of aromatic nitrogens is 4. The third kappa shape index (κ3) is 1.74. The Bertz CT molecular complexity index is 449. The van der Waals surface area contributed by atoms with Crippen LogP contribution in [-0.2, 0) is 7.05 Å². The van der Waals surface area contributed by atoms with Gasteiger partial charge in [-0.2, -0.15) is 4.98 Å². The number of rotatable bonds is 3. The quantitative estimate of drug-likeness (QED) is 0.703. The summed E-state index contributed by atoms with van der Waals surface area (Å²) in [5, 5.41) is 13.1. The van der Waals surface area contributed by atoms with Crippen LogP contribution >= 0.6 is 0 Å². The zero-order valence-corrected chi connectivity index (χ0v) is 8.16. The Morgan fingerprint density at radius 2 is 2.47 bits per heavy atom. The van der Waals surface area contributed by atoms with Gasteiger partial charge in [-0.1, -0.05) is 5.16 Å². The number of aliphatic hydroxyl groups is 1. The number of aryl methyl sites for hydroxylation is 1. The molecule has 0 aromatic carbocycles. The molecule has 2 aromatic rings. The van der Waals surface area contributed by atoms with Gasteiger partial charge in [0.05, 0.1) is 12.5 Å². The molecule has 0 saturated carbocycles. The minimum absolute atomic E-state index is 0.0486. The van der Waals surface area contributed by atoms with Crippen LogP contribution in [0.2, 0.25) is 0 Å². The van der Waals surface area contributed by atoms with Crippen molar-refractivity contribution in [3.63, 3.8) is 0 Å². The lowest BCUT2D eigenvalue weighted by molar-refractivity contribution is 0.141. The minimum Gasteiger partial charge on any atom is -0.382 e. The van der Waals surface area contributed by atoms with Gasteiger partial charge in [0.2, 0.25) is 5.82 Å². The van der Waals surface area contributed by atoms with Crippen molar-refractivity contribution in [1.29, 1.82) is 0 Å². The van der Waals surface area contributed by atoms with E-state index in [1.807, 2.05) is 7.05 Å². The van der Waals surface area contributed by atoms with Crippen molar-refractivity contribution in [2.75, 3.05) is 6.54 Å². The molecule has 0 amide bonds. The van der Waals surface area contributed by atoms with Crippen LogP contribution in [0.15, 0.2) is 17.0 Å². The third-order valence-corrected chi connectivity index (χ3v) is 2.00.